The summed E-state index contributed by atoms with van der Waals surface area (Å²) in [5.41, 5.74) is -1.09. The first-order chi connectivity index (χ1) is 17.1. The molecule has 11 heteroatoms. The molecule has 1 N–H and O–H groups in total. The maximum absolute atomic E-state index is 16.1. The molecule has 0 bridgehead atoms. The fourth-order valence-electron chi connectivity index (χ4n) is 6.66. The summed E-state index contributed by atoms with van der Waals surface area (Å²) in [6.45, 7) is 5.42. The molecule has 5 heterocycles. The van der Waals surface area contributed by atoms with E-state index < -0.39 is 47.4 Å². The molecule has 10 nitrogen and oxygen atoms in total. The molecule has 36 heavy (non-hydrogen) atoms. The SMILES string of the molecule is C[C@@H]1CN2c3c(cc4c(C(=O)CC5CN(C)C5)noc4c3F)CC3(C(=O)CC(=O)NC3=O)[C@H]2[C@H](C)O1. The van der Waals surface area contributed by atoms with E-state index in [4.69, 9.17) is 9.26 Å². The fourth-order valence-corrected chi connectivity index (χ4v) is 6.66. The number of halogens is 1. The van der Waals surface area contributed by atoms with Crippen LogP contribution in [0.4, 0.5) is 10.1 Å². The lowest BCUT2D eigenvalue weighted by atomic mass is 9.63. The van der Waals surface area contributed by atoms with Gasteiger partial charge in [0.25, 0.3) is 0 Å². The lowest BCUT2D eigenvalue weighted by molar-refractivity contribution is -0.158. The molecule has 1 aromatic heterocycles. The number of carbonyl (C=O) groups excluding carboxylic acids is 4. The number of hydrogen-bond donors (Lipinski definition) is 1. The largest absolute Gasteiger partial charge is 0.372 e. The van der Waals surface area contributed by atoms with Gasteiger partial charge >= 0.3 is 0 Å². The molecule has 3 saturated heterocycles. The molecule has 190 valence electrons. The minimum Gasteiger partial charge on any atom is -0.372 e. The van der Waals surface area contributed by atoms with E-state index in [0.717, 1.165) is 13.1 Å². The highest BCUT2D eigenvalue weighted by Gasteiger charge is 2.62. The second kappa shape index (κ2) is 7.91. The second-order valence-electron chi connectivity index (χ2n) is 10.7. The smallest absolute Gasteiger partial charge is 0.242 e. The molecule has 4 aliphatic rings. The number of Topliss-reactive ketones (excluding diaryl/α,β-unsaturated/α-hetero) is 2. The average Bonchev–Trinajstić information content (AvgIpc) is 3.20. The zero-order valence-corrected chi connectivity index (χ0v) is 20.3. The van der Waals surface area contributed by atoms with Crippen molar-refractivity contribution in [2.24, 2.45) is 11.3 Å². The molecule has 6 rings (SSSR count). The Labute approximate surface area is 206 Å². The Morgan fingerprint density at radius 2 is 2.00 bits per heavy atom. The molecule has 0 radical (unpaired) electrons. The summed E-state index contributed by atoms with van der Waals surface area (Å²) in [4.78, 5) is 55.5. The molecule has 3 fully saturated rings. The normalized spacial score (nSPS) is 30.8. The number of fused-ring (bicyclic) bond motifs is 5. The van der Waals surface area contributed by atoms with Crippen LogP contribution in [-0.4, -0.2) is 78.4 Å². The van der Waals surface area contributed by atoms with E-state index in [1.807, 2.05) is 14.0 Å². The van der Waals surface area contributed by atoms with Crippen molar-refractivity contribution in [3.8, 4) is 0 Å². The zero-order valence-electron chi connectivity index (χ0n) is 20.3. The van der Waals surface area contributed by atoms with Gasteiger partial charge in [0.05, 0.1) is 35.7 Å². The zero-order chi connectivity index (χ0) is 25.5. The van der Waals surface area contributed by atoms with E-state index in [0.29, 0.717) is 5.56 Å². The number of amides is 2. The van der Waals surface area contributed by atoms with Crippen molar-refractivity contribution in [3.63, 3.8) is 0 Å². The number of likely N-dealkylation sites (tertiary alicyclic amines) is 1. The number of piperidine rings is 1. The van der Waals surface area contributed by atoms with Gasteiger partial charge in [-0.2, -0.15) is 0 Å². The minimum absolute atomic E-state index is 0.0516. The Hall–Kier alpha value is -3.18. The van der Waals surface area contributed by atoms with Crippen LogP contribution in [0.1, 0.15) is 42.7 Å². The van der Waals surface area contributed by atoms with Crippen LogP contribution in [0.2, 0.25) is 0 Å². The molecule has 4 atom stereocenters. The number of nitrogens with zero attached hydrogens (tertiary/aromatic N) is 3. The van der Waals surface area contributed by atoms with Crippen LogP contribution in [0.25, 0.3) is 11.0 Å². The van der Waals surface area contributed by atoms with Gasteiger partial charge in [-0.3, -0.25) is 24.5 Å². The average molecular weight is 499 g/mol. The van der Waals surface area contributed by atoms with Gasteiger partial charge < -0.3 is 19.1 Å². The molecule has 4 aliphatic heterocycles. The van der Waals surface area contributed by atoms with Crippen LogP contribution < -0.4 is 10.2 Å². The van der Waals surface area contributed by atoms with Gasteiger partial charge in [0.2, 0.25) is 17.4 Å². The van der Waals surface area contributed by atoms with E-state index in [-0.39, 0.29) is 59.5 Å². The van der Waals surface area contributed by atoms with Gasteiger partial charge in [-0.1, -0.05) is 5.16 Å². The Balaban J connectivity index is 1.49. The van der Waals surface area contributed by atoms with Crippen LogP contribution in [-0.2, 0) is 25.5 Å². The third-order valence-electron chi connectivity index (χ3n) is 8.06. The highest BCUT2D eigenvalue weighted by Crippen LogP contribution is 2.50. The van der Waals surface area contributed by atoms with E-state index in [2.05, 4.69) is 15.4 Å². The number of benzene rings is 1. The monoisotopic (exact) mass is 498 g/mol. The van der Waals surface area contributed by atoms with Gasteiger partial charge in [0.15, 0.2) is 23.1 Å². The summed E-state index contributed by atoms with van der Waals surface area (Å²) in [6, 6.07) is 0.804. The number of nitrogens with one attached hydrogen (secondary N) is 1. The van der Waals surface area contributed by atoms with Crippen molar-refractivity contribution in [2.45, 2.75) is 51.4 Å². The third-order valence-corrected chi connectivity index (χ3v) is 8.06. The number of rotatable bonds is 3. The van der Waals surface area contributed by atoms with Crippen LogP contribution >= 0.6 is 0 Å². The predicted molar refractivity (Wildman–Crippen MR) is 124 cm³/mol. The fraction of sp³-hybridized carbons (Fsp3) is 0.560. The lowest BCUT2D eigenvalue weighted by Gasteiger charge is -2.55. The lowest BCUT2D eigenvalue weighted by Crippen LogP contribution is -2.72. The molecule has 0 saturated carbocycles. The maximum atomic E-state index is 16.1. The van der Waals surface area contributed by atoms with Crippen LogP contribution in [0, 0.1) is 17.2 Å². The third kappa shape index (κ3) is 3.18. The first-order valence-corrected chi connectivity index (χ1v) is 12.2. The number of hydrogen-bond acceptors (Lipinski definition) is 9. The van der Waals surface area contributed by atoms with Crippen molar-refractivity contribution < 1.29 is 32.8 Å². The summed E-state index contributed by atoms with van der Waals surface area (Å²) >= 11 is 0. The quantitative estimate of drug-likeness (QED) is 0.378. The van der Waals surface area contributed by atoms with Gasteiger partial charge in [0, 0.05) is 26.1 Å². The topological polar surface area (TPSA) is 122 Å². The highest BCUT2D eigenvalue weighted by molar-refractivity contribution is 6.22. The number of ether oxygens (including phenoxy) is 1. The Bertz CT molecular complexity index is 1310. The van der Waals surface area contributed by atoms with Crippen molar-refractivity contribution in [2.75, 3.05) is 31.6 Å². The summed E-state index contributed by atoms with van der Waals surface area (Å²) in [7, 11) is 1.97. The molecule has 2 amide bonds. The molecule has 1 unspecified atom stereocenters. The van der Waals surface area contributed by atoms with E-state index in [1.165, 1.54) is 0 Å². The second-order valence-corrected chi connectivity index (χ2v) is 10.7. The van der Waals surface area contributed by atoms with Crippen molar-refractivity contribution in [1.29, 1.82) is 0 Å². The highest BCUT2D eigenvalue weighted by atomic mass is 19.1. The summed E-state index contributed by atoms with van der Waals surface area (Å²) in [6.07, 6.45) is -1.18. The van der Waals surface area contributed by atoms with Gasteiger partial charge in [-0.15, -0.1) is 0 Å². The van der Waals surface area contributed by atoms with E-state index in [9.17, 15) is 19.2 Å². The standard InChI is InChI=1S/C25H27FN4O6/c1-11-8-30-21-14(7-25(23(30)12(2)35-11)17(32)6-18(33)27-24(25)34)5-15-20(28-36-22(15)19(21)26)16(31)4-13-9-29(3)10-13/h5,11-13,23H,4,6-10H2,1-3H3,(H,27,33,34)/t11-,12+,23-,25?/m1/s1. The van der Waals surface area contributed by atoms with E-state index in [1.54, 1.807) is 17.9 Å². The number of anilines is 1. The van der Waals surface area contributed by atoms with Gasteiger partial charge in [-0.25, -0.2) is 4.39 Å². The van der Waals surface area contributed by atoms with Gasteiger partial charge in [0.1, 0.15) is 5.41 Å². The molecular weight excluding hydrogens is 471 g/mol. The number of carbonyl (C=O) groups is 4. The summed E-state index contributed by atoms with van der Waals surface area (Å²) in [5.74, 6) is -2.58. The van der Waals surface area contributed by atoms with Crippen molar-refractivity contribution >= 4 is 40.0 Å². The number of aromatic nitrogens is 1. The predicted octanol–water partition coefficient (Wildman–Crippen LogP) is 1.24. The first kappa shape index (κ1) is 23.2. The summed E-state index contributed by atoms with van der Waals surface area (Å²) in [5, 5.41) is 6.47. The maximum Gasteiger partial charge on any atom is 0.242 e. The van der Waals surface area contributed by atoms with E-state index >= 15 is 4.39 Å². The number of ketones is 2. The Morgan fingerprint density at radius 3 is 2.69 bits per heavy atom. The summed E-state index contributed by atoms with van der Waals surface area (Å²) < 4.78 is 27.4. The minimum atomic E-state index is -1.63. The molecular formula is C25H27FN4O6. The van der Waals surface area contributed by atoms with Crippen LogP contribution in [0.5, 0.6) is 0 Å². The first-order valence-electron chi connectivity index (χ1n) is 12.2. The van der Waals surface area contributed by atoms with Gasteiger partial charge in [-0.05, 0) is 44.9 Å². The van der Waals surface area contributed by atoms with Crippen LogP contribution in [0.15, 0.2) is 10.6 Å². The van der Waals surface area contributed by atoms with Crippen LogP contribution in [0.3, 0.4) is 0 Å². The van der Waals surface area contributed by atoms with Crippen molar-refractivity contribution in [3.05, 3.63) is 23.1 Å². The molecule has 1 spiro atoms. The number of imide groups is 1. The Kier molecular flexibility index (Phi) is 5.10. The van der Waals surface area contributed by atoms with Crippen molar-refractivity contribution in [1.82, 2.24) is 15.4 Å². The molecule has 0 aliphatic carbocycles. The number of morpholine rings is 1. The molecule has 1 aromatic carbocycles. The molecule has 2 aromatic rings. The Morgan fingerprint density at radius 1 is 1.25 bits per heavy atom.